The summed E-state index contributed by atoms with van der Waals surface area (Å²) in [5.41, 5.74) is 6.36. The van der Waals surface area contributed by atoms with E-state index in [2.05, 4.69) is 28.8 Å². The van der Waals surface area contributed by atoms with Gasteiger partial charge in [-0.15, -0.1) is 0 Å². The Kier molecular flexibility index (Phi) is 7.79. The lowest BCUT2D eigenvalue weighted by Gasteiger charge is -2.28. The lowest BCUT2D eigenvalue weighted by atomic mass is 9.81. The van der Waals surface area contributed by atoms with Gasteiger partial charge in [0.2, 0.25) is 5.91 Å². The molecule has 212 valence electrons. The van der Waals surface area contributed by atoms with Gasteiger partial charge < -0.3 is 24.0 Å². The number of methoxy groups -OCH3 is 1. The maximum atomic E-state index is 13.6. The van der Waals surface area contributed by atoms with E-state index in [4.69, 9.17) is 9.47 Å². The monoisotopic (exact) mass is 552 g/mol. The summed E-state index contributed by atoms with van der Waals surface area (Å²) >= 11 is 0. The first-order chi connectivity index (χ1) is 20.0. The van der Waals surface area contributed by atoms with Crippen LogP contribution in [0.2, 0.25) is 0 Å². The van der Waals surface area contributed by atoms with E-state index in [1.54, 1.807) is 19.2 Å². The van der Waals surface area contributed by atoms with Crippen LogP contribution in [0.5, 0.6) is 5.75 Å². The van der Waals surface area contributed by atoms with Crippen LogP contribution in [-0.2, 0) is 16.1 Å². The molecule has 1 aliphatic heterocycles. The molecule has 1 aromatic heterocycles. The second-order valence-corrected chi connectivity index (χ2v) is 11.0. The lowest BCUT2D eigenvalue weighted by Crippen LogP contribution is -2.42. The van der Waals surface area contributed by atoms with Crippen LogP contribution in [-0.4, -0.2) is 59.9 Å². The van der Waals surface area contributed by atoms with E-state index >= 15 is 0 Å². The molecule has 3 aromatic carbocycles. The lowest BCUT2D eigenvalue weighted by molar-refractivity contribution is -0.135. The fraction of sp³-hybridized carbons (Fsp3) is 0.353. The molecule has 0 spiro atoms. The SMILES string of the molecule is COc1ccccc1-c1ccc(-c2c(C3CCCCC3)c3ccc(C(=O)O)cc3n2CC(=O)N2CCOCC2)cc1. The third kappa shape index (κ3) is 5.34. The molecule has 2 aliphatic rings. The van der Waals surface area contributed by atoms with Crippen molar-refractivity contribution in [3.05, 3.63) is 77.9 Å². The van der Waals surface area contributed by atoms with E-state index in [1.807, 2.05) is 35.2 Å². The normalized spacial score (nSPS) is 16.2. The van der Waals surface area contributed by atoms with Gasteiger partial charge in [-0.2, -0.15) is 0 Å². The molecule has 2 fully saturated rings. The standard InChI is InChI=1S/C34H36N2O5/c1-40-30-10-6-5-9-27(30)23-11-13-25(14-12-23)33-32(24-7-3-2-4-8-24)28-16-15-26(34(38)39)21-29(28)36(33)22-31(37)35-17-19-41-20-18-35/h5-6,9-16,21,24H,2-4,7-8,17-20,22H2,1H3,(H,38,39). The van der Waals surface area contributed by atoms with Crippen LogP contribution >= 0.6 is 0 Å². The Hall–Kier alpha value is -4.10. The number of hydrogen-bond donors (Lipinski definition) is 1. The average molecular weight is 553 g/mol. The molecule has 1 aliphatic carbocycles. The van der Waals surface area contributed by atoms with Gasteiger partial charge in [0.05, 0.1) is 37.1 Å². The van der Waals surface area contributed by atoms with Crippen molar-refractivity contribution in [3.63, 3.8) is 0 Å². The number of amides is 1. The minimum absolute atomic E-state index is 0.0213. The Balaban J connectivity index is 1.53. The summed E-state index contributed by atoms with van der Waals surface area (Å²) in [6.45, 7) is 2.35. The van der Waals surface area contributed by atoms with Gasteiger partial charge in [0.1, 0.15) is 12.3 Å². The molecule has 1 saturated heterocycles. The highest BCUT2D eigenvalue weighted by Gasteiger charge is 2.29. The van der Waals surface area contributed by atoms with Crippen molar-refractivity contribution in [2.45, 2.75) is 44.6 Å². The van der Waals surface area contributed by atoms with Crippen molar-refractivity contribution >= 4 is 22.8 Å². The largest absolute Gasteiger partial charge is 0.496 e. The van der Waals surface area contributed by atoms with E-state index in [9.17, 15) is 14.7 Å². The van der Waals surface area contributed by atoms with Crippen molar-refractivity contribution < 1.29 is 24.2 Å². The number of nitrogens with zero attached hydrogens (tertiary/aromatic N) is 2. The van der Waals surface area contributed by atoms with E-state index < -0.39 is 5.97 Å². The highest BCUT2D eigenvalue weighted by atomic mass is 16.5. The second kappa shape index (κ2) is 11.8. The van der Waals surface area contributed by atoms with Crippen LogP contribution in [0.4, 0.5) is 0 Å². The van der Waals surface area contributed by atoms with E-state index in [-0.39, 0.29) is 18.0 Å². The number of carboxylic acids is 1. The van der Waals surface area contributed by atoms with Crippen LogP contribution in [0.15, 0.2) is 66.7 Å². The second-order valence-electron chi connectivity index (χ2n) is 11.0. The molecule has 1 saturated carbocycles. The van der Waals surface area contributed by atoms with E-state index in [1.165, 1.54) is 24.8 Å². The van der Waals surface area contributed by atoms with Crippen molar-refractivity contribution in [3.8, 4) is 28.1 Å². The quantitative estimate of drug-likeness (QED) is 0.280. The summed E-state index contributed by atoms with van der Waals surface area (Å²) in [5.74, 6) is 0.217. The number of carbonyl (C=O) groups excluding carboxylic acids is 1. The maximum absolute atomic E-state index is 13.6. The van der Waals surface area contributed by atoms with Crippen molar-refractivity contribution in [2.75, 3.05) is 33.4 Å². The molecular formula is C34H36N2O5. The van der Waals surface area contributed by atoms with Crippen molar-refractivity contribution in [2.24, 2.45) is 0 Å². The topological polar surface area (TPSA) is 81.0 Å². The van der Waals surface area contributed by atoms with E-state index in [0.717, 1.165) is 51.9 Å². The van der Waals surface area contributed by atoms with Crippen LogP contribution in [0.3, 0.4) is 0 Å². The van der Waals surface area contributed by atoms with Gasteiger partial charge in [0, 0.05) is 24.0 Å². The number of rotatable bonds is 7. The summed E-state index contributed by atoms with van der Waals surface area (Å²) in [7, 11) is 1.68. The Morgan fingerprint density at radius 2 is 1.63 bits per heavy atom. The summed E-state index contributed by atoms with van der Waals surface area (Å²) in [4.78, 5) is 27.5. The predicted molar refractivity (Wildman–Crippen MR) is 160 cm³/mol. The maximum Gasteiger partial charge on any atom is 0.335 e. The minimum atomic E-state index is -0.971. The number of benzene rings is 3. The van der Waals surface area contributed by atoms with Gasteiger partial charge >= 0.3 is 5.97 Å². The smallest absolute Gasteiger partial charge is 0.335 e. The Morgan fingerprint density at radius 3 is 2.34 bits per heavy atom. The zero-order valence-corrected chi connectivity index (χ0v) is 23.5. The summed E-state index contributed by atoms with van der Waals surface area (Å²) in [5, 5.41) is 10.9. The fourth-order valence-corrected chi connectivity index (χ4v) is 6.53. The Bertz CT molecular complexity index is 1560. The molecule has 0 bridgehead atoms. The van der Waals surface area contributed by atoms with Crippen LogP contribution in [0, 0.1) is 0 Å². The molecule has 0 radical (unpaired) electrons. The number of aromatic nitrogens is 1. The highest BCUT2D eigenvalue weighted by Crippen LogP contribution is 2.45. The van der Waals surface area contributed by atoms with Crippen LogP contribution < -0.4 is 4.74 Å². The molecule has 0 atom stereocenters. The van der Waals surface area contributed by atoms with Gasteiger partial charge in [-0.25, -0.2) is 4.79 Å². The number of carboxylic acid groups (broad SMARTS) is 1. The number of hydrogen-bond acceptors (Lipinski definition) is 4. The molecule has 7 nitrogen and oxygen atoms in total. The number of carbonyl (C=O) groups is 2. The molecule has 41 heavy (non-hydrogen) atoms. The van der Waals surface area contributed by atoms with Crippen molar-refractivity contribution in [1.29, 1.82) is 0 Å². The minimum Gasteiger partial charge on any atom is -0.496 e. The fourth-order valence-electron chi connectivity index (χ4n) is 6.53. The summed E-state index contributed by atoms with van der Waals surface area (Å²) in [6, 6.07) is 21.8. The molecule has 1 amide bonds. The summed E-state index contributed by atoms with van der Waals surface area (Å²) in [6.07, 6.45) is 5.75. The molecule has 2 heterocycles. The Morgan fingerprint density at radius 1 is 0.927 bits per heavy atom. The Labute approximate surface area is 240 Å². The third-order valence-electron chi connectivity index (χ3n) is 8.60. The molecule has 0 unspecified atom stereocenters. The number of fused-ring (bicyclic) bond motifs is 1. The predicted octanol–water partition coefficient (Wildman–Crippen LogP) is 6.59. The highest BCUT2D eigenvalue weighted by molar-refractivity contribution is 5.99. The molecule has 1 N–H and O–H groups in total. The van der Waals surface area contributed by atoms with Crippen LogP contribution in [0.25, 0.3) is 33.3 Å². The van der Waals surface area contributed by atoms with Gasteiger partial charge in [0.15, 0.2) is 0 Å². The molecule has 7 heteroatoms. The zero-order chi connectivity index (χ0) is 28.3. The first-order valence-electron chi connectivity index (χ1n) is 14.5. The number of para-hydroxylation sites is 1. The van der Waals surface area contributed by atoms with Gasteiger partial charge in [-0.05, 0) is 53.6 Å². The zero-order valence-electron chi connectivity index (χ0n) is 23.5. The molecule has 4 aromatic rings. The van der Waals surface area contributed by atoms with Crippen molar-refractivity contribution in [1.82, 2.24) is 9.47 Å². The average Bonchev–Trinajstić information content (AvgIpc) is 3.35. The first-order valence-corrected chi connectivity index (χ1v) is 14.5. The van der Waals surface area contributed by atoms with Gasteiger partial charge in [-0.1, -0.05) is 67.8 Å². The molecule has 6 rings (SSSR count). The molecular weight excluding hydrogens is 516 g/mol. The van der Waals surface area contributed by atoms with E-state index in [0.29, 0.717) is 32.2 Å². The number of morpholine rings is 1. The number of aromatic carboxylic acids is 1. The number of ether oxygens (including phenoxy) is 2. The van der Waals surface area contributed by atoms with Crippen LogP contribution in [0.1, 0.15) is 53.9 Å². The first kappa shape index (κ1) is 27.1. The van der Waals surface area contributed by atoms with Gasteiger partial charge in [-0.3, -0.25) is 4.79 Å². The summed E-state index contributed by atoms with van der Waals surface area (Å²) < 4.78 is 13.2. The third-order valence-corrected chi connectivity index (χ3v) is 8.60. The van der Waals surface area contributed by atoms with Gasteiger partial charge in [0.25, 0.3) is 0 Å².